The zero-order chi connectivity index (χ0) is 11.8. The predicted molar refractivity (Wildman–Crippen MR) is 52.1 cm³/mol. The highest BCUT2D eigenvalue weighted by atomic mass is 19.4. The van der Waals surface area contributed by atoms with Crippen molar-refractivity contribution in [3.63, 3.8) is 0 Å². The molecule has 1 aromatic carbocycles. The highest BCUT2D eigenvalue weighted by molar-refractivity contribution is 5.86. The molecule has 0 saturated carbocycles. The highest BCUT2D eigenvalue weighted by Gasteiger charge is 2.30. The van der Waals surface area contributed by atoms with E-state index in [-0.39, 0.29) is 5.52 Å². The summed E-state index contributed by atoms with van der Waals surface area (Å²) in [5.74, 6) is 0. The van der Waals surface area contributed by atoms with Gasteiger partial charge in [0.2, 0.25) is 0 Å². The normalized spacial score (nSPS) is 11.7. The molecule has 0 amide bonds. The van der Waals surface area contributed by atoms with Crippen molar-refractivity contribution in [2.75, 3.05) is 0 Å². The minimum Gasteiger partial charge on any atom is -0.298 e. The average molecular weight is 225 g/mol. The van der Waals surface area contributed by atoms with Gasteiger partial charge in [-0.1, -0.05) is 6.07 Å². The van der Waals surface area contributed by atoms with Gasteiger partial charge < -0.3 is 0 Å². The molecule has 5 heteroatoms. The lowest BCUT2D eigenvalue weighted by Crippen LogP contribution is -2.04. The topological polar surface area (TPSA) is 30.0 Å². The molecule has 1 aromatic heterocycles. The molecule has 0 aliphatic rings. The fraction of sp³-hybridized carbons (Fsp3) is 0.0909. The maximum absolute atomic E-state index is 12.4. The van der Waals surface area contributed by atoms with Gasteiger partial charge in [0.25, 0.3) is 0 Å². The molecule has 0 radical (unpaired) electrons. The molecule has 0 bridgehead atoms. The van der Waals surface area contributed by atoms with Crippen molar-refractivity contribution in [1.82, 2.24) is 4.98 Å². The first kappa shape index (κ1) is 10.6. The summed E-state index contributed by atoms with van der Waals surface area (Å²) < 4.78 is 37.1. The number of alkyl halides is 3. The summed E-state index contributed by atoms with van der Waals surface area (Å²) in [5.41, 5.74) is -0.181. The Hall–Kier alpha value is -1.91. The van der Waals surface area contributed by atoms with Crippen LogP contribution < -0.4 is 0 Å². The lowest BCUT2D eigenvalue weighted by molar-refractivity contribution is -0.137. The van der Waals surface area contributed by atoms with Crippen molar-refractivity contribution >= 4 is 17.2 Å². The summed E-state index contributed by atoms with van der Waals surface area (Å²) in [7, 11) is 0. The van der Waals surface area contributed by atoms with Gasteiger partial charge in [-0.3, -0.25) is 9.78 Å². The first-order chi connectivity index (χ1) is 7.50. The van der Waals surface area contributed by atoms with E-state index in [1.165, 1.54) is 18.3 Å². The number of benzene rings is 1. The number of carbonyl (C=O) groups excluding carboxylic acids is 1. The molecule has 2 aromatic rings. The summed E-state index contributed by atoms with van der Waals surface area (Å²) in [6.07, 6.45) is -2.53. The van der Waals surface area contributed by atoms with Crippen LogP contribution in [-0.2, 0) is 6.18 Å². The van der Waals surface area contributed by atoms with E-state index >= 15 is 0 Å². The Kier molecular flexibility index (Phi) is 2.38. The molecule has 1 heterocycles. The van der Waals surface area contributed by atoms with E-state index in [9.17, 15) is 18.0 Å². The van der Waals surface area contributed by atoms with Crippen LogP contribution in [0.15, 0.2) is 30.5 Å². The van der Waals surface area contributed by atoms with Crippen LogP contribution in [0.2, 0.25) is 0 Å². The Bertz CT molecular complexity index is 548. The van der Waals surface area contributed by atoms with Crippen LogP contribution in [0.3, 0.4) is 0 Å². The van der Waals surface area contributed by atoms with E-state index in [4.69, 9.17) is 0 Å². The molecule has 0 saturated heterocycles. The van der Waals surface area contributed by atoms with Crippen molar-refractivity contribution in [3.05, 3.63) is 41.6 Å². The number of hydrogen-bond acceptors (Lipinski definition) is 2. The molecule has 0 N–H and O–H groups in total. The third kappa shape index (κ3) is 1.88. The number of aldehydes is 1. The van der Waals surface area contributed by atoms with Gasteiger partial charge in [-0.05, 0) is 18.2 Å². The highest BCUT2D eigenvalue weighted by Crippen LogP contribution is 2.30. The second-order valence-electron chi connectivity index (χ2n) is 3.29. The van der Waals surface area contributed by atoms with Crippen LogP contribution in [0.5, 0.6) is 0 Å². The second kappa shape index (κ2) is 3.59. The van der Waals surface area contributed by atoms with Gasteiger partial charge in [0.1, 0.15) is 0 Å². The number of pyridine rings is 1. The van der Waals surface area contributed by atoms with E-state index in [1.54, 1.807) is 0 Å². The maximum Gasteiger partial charge on any atom is 0.416 e. The number of hydrogen-bond donors (Lipinski definition) is 0. The minimum absolute atomic E-state index is 0.223. The van der Waals surface area contributed by atoms with Crippen molar-refractivity contribution in [2.45, 2.75) is 6.18 Å². The minimum atomic E-state index is -4.38. The molecule has 2 rings (SSSR count). The molecule has 0 aliphatic carbocycles. The van der Waals surface area contributed by atoms with Crippen molar-refractivity contribution < 1.29 is 18.0 Å². The lowest BCUT2D eigenvalue weighted by atomic mass is 10.1. The van der Waals surface area contributed by atoms with E-state index in [2.05, 4.69) is 4.98 Å². The van der Waals surface area contributed by atoms with Gasteiger partial charge in [-0.25, -0.2) is 0 Å². The van der Waals surface area contributed by atoms with Crippen LogP contribution in [0.1, 0.15) is 15.9 Å². The smallest absolute Gasteiger partial charge is 0.298 e. The summed E-state index contributed by atoms with van der Waals surface area (Å²) >= 11 is 0. The molecule has 0 unspecified atom stereocenters. The Morgan fingerprint density at radius 3 is 2.56 bits per heavy atom. The predicted octanol–water partition coefficient (Wildman–Crippen LogP) is 3.07. The van der Waals surface area contributed by atoms with Crippen molar-refractivity contribution in [3.8, 4) is 0 Å². The number of fused-ring (bicyclic) bond motifs is 1. The molecule has 2 nitrogen and oxygen atoms in total. The summed E-state index contributed by atoms with van der Waals surface area (Å²) in [5, 5.41) is 0.512. The quantitative estimate of drug-likeness (QED) is 0.698. The van der Waals surface area contributed by atoms with Crippen LogP contribution in [0, 0.1) is 0 Å². The van der Waals surface area contributed by atoms with Crippen LogP contribution in [0.25, 0.3) is 10.9 Å². The lowest BCUT2D eigenvalue weighted by Gasteiger charge is -2.07. The monoisotopic (exact) mass is 225 g/mol. The SMILES string of the molecule is O=Cc1cnc2cc(C(F)(F)F)ccc2c1. The second-order valence-corrected chi connectivity index (χ2v) is 3.29. The summed E-state index contributed by atoms with van der Waals surface area (Å²) in [4.78, 5) is 14.3. The van der Waals surface area contributed by atoms with Crippen LogP contribution in [0.4, 0.5) is 13.2 Å². The maximum atomic E-state index is 12.4. The van der Waals surface area contributed by atoms with Crippen molar-refractivity contribution in [2.24, 2.45) is 0 Å². The number of rotatable bonds is 1. The molecule has 16 heavy (non-hydrogen) atoms. The molecule has 0 aliphatic heterocycles. The Labute approximate surface area is 88.7 Å². The van der Waals surface area contributed by atoms with Gasteiger partial charge in [0.05, 0.1) is 11.1 Å². The third-order valence-electron chi connectivity index (χ3n) is 2.17. The molecule has 82 valence electrons. The molecular formula is C11H6F3NO. The summed E-state index contributed by atoms with van der Waals surface area (Å²) in [6, 6.07) is 4.73. The standard InChI is InChI=1S/C11H6F3NO/c12-11(13,14)9-2-1-8-3-7(6-16)5-15-10(8)4-9/h1-6H. The Balaban J connectivity index is 2.60. The molecule has 0 fully saturated rings. The van der Waals surface area contributed by atoms with Gasteiger partial charge in [0, 0.05) is 17.1 Å². The van der Waals surface area contributed by atoms with Gasteiger partial charge in [-0.15, -0.1) is 0 Å². The van der Waals surface area contributed by atoms with Gasteiger partial charge in [-0.2, -0.15) is 13.2 Å². The van der Waals surface area contributed by atoms with Crippen LogP contribution in [-0.4, -0.2) is 11.3 Å². The van der Waals surface area contributed by atoms with Crippen LogP contribution >= 0.6 is 0 Å². The van der Waals surface area contributed by atoms with Gasteiger partial charge >= 0.3 is 6.18 Å². The van der Waals surface area contributed by atoms with E-state index in [0.717, 1.165) is 12.1 Å². The third-order valence-corrected chi connectivity index (χ3v) is 2.17. The number of nitrogens with zero attached hydrogens (tertiary/aromatic N) is 1. The van der Waals surface area contributed by atoms with Gasteiger partial charge in [0.15, 0.2) is 6.29 Å². The average Bonchev–Trinajstić information content (AvgIpc) is 2.26. The molecule has 0 atom stereocenters. The first-order valence-corrected chi connectivity index (χ1v) is 4.43. The fourth-order valence-electron chi connectivity index (χ4n) is 1.38. The first-order valence-electron chi connectivity index (χ1n) is 4.43. The zero-order valence-electron chi connectivity index (χ0n) is 7.95. The molecular weight excluding hydrogens is 219 g/mol. The Morgan fingerprint density at radius 2 is 1.94 bits per heavy atom. The largest absolute Gasteiger partial charge is 0.416 e. The zero-order valence-corrected chi connectivity index (χ0v) is 7.95. The fourth-order valence-corrected chi connectivity index (χ4v) is 1.38. The van der Waals surface area contributed by atoms with E-state index < -0.39 is 11.7 Å². The number of aromatic nitrogens is 1. The van der Waals surface area contributed by atoms with E-state index in [0.29, 0.717) is 17.2 Å². The Morgan fingerprint density at radius 1 is 1.19 bits per heavy atom. The number of carbonyl (C=O) groups is 1. The summed E-state index contributed by atoms with van der Waals surface area (Å²) in [6.45, 7) is 0. The van der Waals surface area contributed by atoms with Crippen molar-refractivity contribution in [1.29, 1.82) is 0 Å². The number of halogens is 3. The molecule has 0 spiro atoms. The van der Waals surface area contributed by atoms with E-state index in [1.807, 2.05) is 0 Å².